The van der Waals surface area contributed by atoms with Crippen LogP contribution in [0.25, 0.3) is 11.1 Å². The highest BCUT2D eigenvalue weighted by Gasteiger charge is 2.35. The molecule has 1 heteroatoms. The molecule has 0 bridgehead atoms. The Morgan fingerprint density at radius 3 is 2.11 bits per heavy atom. The predicted octanol–water partition coefficient (Wildman–Crippen LogP) is 10.2. The number of ether oxygens (including phenoxy) is 1. The minimum atomic E-state index is 0.609. The number of fused-ring (bicyclic) bond motifs is 1. The maximum Gasteiger partial charge on any atom is 0.119 e. The first-order chi connectivity index (χ1) is 17.8. The normalized spacial score (nSPS) is 23.7. The smallest absolute Gasteiger partial charge is 0.119 e. The Morgan fingerprint density at radius 2 is 1.36 bits per heavy atom. The monoisotopic (exact) mass is 480 g/mol. The van der Waals surface area contributed by atoms with Crippen molar-refractivity contribution in [2.45, 2.75) is 90.1 Å². The van der Waals surface area contributed by atoms with Crippen LogP contribution in [0.5, 0.6) is 5.75 Å². The molecule has 4 unspecified atom stereocenters. The Bertz CT molecular complexity index is 1040. The Hall–Kier alpha value is -2.54. The van der Waals surface area contributed by atoms with Gasteiger partial charge >= 0.3 is 0 Å². The Kier molecular flexibility index (Phi) is 8.81. The molecule has 3 aromatic rings. The van der Waals surface area contributed by atoms with Crippen LogP contribution in [0.4, 0.5) is 0 Å². The van der Waals surface area contributed by atoms with E-state index in [4.69, 9.17) is 4.74 Å². The summed E-state index contributed by atoms with van der Waals surface area (Å²) in [5.41, 5.74) is 5.31. The van der Waals surface area contributed by atoms with Crippen LogP contribution in [-0.4, -0.2) is 0 Å². The molecule has 0 saturated heterocycles. The summed E-state index contributed by atoms with van der Waals surface area (Å²) in [4.78, 5) is 0. The average Bonchev–Trinajstić information content (AvgIpc) is 2.95. The fraction of sp³-hybridized carbons (Fsp3) is 0.486. The third-order valence-corrected chi connectivity index (χ3v) is 9.01. The molecular weight excluding hydrogens is 436 g/mol. The lowest BCUT2D eigenvalue weighted by atomic mass is 9.63. The molecule has 3 aromatic carbocycles. The van der Waals surface area contributed by atoms with Crippen LogP contribution < -0.4 is 4.74 Å². The summed E-state index contributed by atoms with van der Waals surface area (Å²) in [6, 6.07) is 28.4. The van der Waals surface area contributed by atoms with E-state index in [-0.39, 0.29) is 0 Å². The molecular formula is C35H44O. The number of benzene rings is 3. The van der Waals surface area contributed by atoms with Crippen molar-refractivity contribution in [1.82, 2.24) is 0 Å². The van der Waals surface area contributed by atoms with Gasteiger partial charge in [0.1, 0.15) is 12.4 Å². The van der Waals surface area contributed by atoms with Crippen molar-refractivity contribution in [2.75, 3.05) is 0 Å². The summed E-state index contributed by atoms with van der Waals surface area (Å²) in [7, 11) is 0. The lowest BCUT2D eigenvalue weighted by Gasteiger charge is -2.42. The highest BCUT2D eigenvalue weighted by atomic mass is 16.5. The summed E-state index contributed by atoms with van der Waals surface area (Å²) in [5, 5.41) is 0. The van der Waals surface area contributed by atoms with Gasteiger partial charge < -0.3 is 4.74 Å². The van der Waals surface area contributed by atoms with Gasteiger partial charge in [0, 0.05) is 0 Å². The van der Waals surface area contributed by atoms with Gasteiger partial charge in [0.15, 0.2) is 0 Å². The molecule has 2 fully saturated rings. The fourth-order valence-electron chi connectivity index (χ4n) is 6.84. The lowest BCUT2D eigenvalue weighted by molar-refractivity contribution is 0.113. The SMILES string of the molecule is CCCCCCC1CCC2CC(c3ccc(-c4ccc(OCc5ccccc5)cc4)cc3)CCC2C1. The first-order valence-corrected chi connectivity index (χ1v) is 14.7. The van der Waals surface area contributed by atoms with E-state index in [0.717, 1.165) is 29.4 Å². The molecule has 0 spiro atoms. The maximum absolute atomic E-state index is 5.96. The van der Waals surface area contributed by atoms with Crippen LogP contribution in [0.15, 0.2) is 78.9 Å². The summed E-state index contributed by atoms with van der Waals surface area (Å²) in [6.07, 6.45) is 15.9. The van der Waals surface area contributed by atoms with E-state index in [1.807, 2.05) is 6.07 Å². The molecule has 0 heterocycles. The van der Waals surface area contributed by atoms with Gasteiger partial charge in [0.25, 0.3) is 0 Å². The number of hydrogen-bond donors (Lipinski definition) is 0. The van der Waals surface area contributed by atoms with Gasteiger partial charge in [-0.25, -0.2) is 0 Å². The van der Waals surface area contributed by atoms with E-state index in [1.165, 1.54) is 87.3 Å². The van der Waals surface area contributed by atoms with E-state index in [9.17, 15) is 0 Å². The second-order valence-electron chi connectivity index (χ2n) is 11.5. The molecule has 0 aromatic heterocycles. The van der Waals surface area contributed by atoms with Crippen LogP contribution in [0.1, 0.15) is 94.6 Å². The minimum absolute atomic E-state index is 0.609. The fourth-order valence-corrected chi connectivity index (χ4v) is 6.84. The summed E-state index contributed by atoms with van der Waals surface area (Å²) in [6.45, 7) is 2.93. The third-order valence-electron chi connectivity index (χ3n) is 9.01. The van der Waals surface area contributed by atoms with Crippen molar-refractivity contribution in [3.63, 3.8) is 0 Å². The van der Waals surface area contributed by atoms with Crippen molar-refractivity contribution in [1.29, 1.82) is 0 Å². The highest BCUT2D eigenvalue weighted by Crippen LogP contribution is 2.48. The van der Waals surface area contributed by atoms with Crippen LogP contribution in [-0.2, 0) is 6.61 Å². The molecule has 4 atom stereocenters. The zero-order valence-corrected chi connectivity index (χ0v) is 22.2. The third kappa shape index (κ3) is 6.61. The lowest BCUT2D eigenvalue weighted by Crippen LogP contribution is -2.30. The van der Waals surface area contributed by atoms with Crippen LogP contribution in [0, 0.1) is 17.8 Å². The first-order valence-electron chi connectivity index (χ1n) is 14.7. The molecule has 190 valence electrons. The molecule has 1 nitrogen and oxygen atoms in total. The predicted molar refractivity (Wildman–Crippen MR) is 152 cm³/mol. The Balaban J connectivity index is 1.11. The number of hydrogen-bond acceptors (Lipinski definition) is 1. The average molecular weight is 481 g/mol. The summed E-state index contributed by atoms with van der Waals surface area (Å²) >= 11 is 0. The van der Waals surface area contributed by atoms with Crippen molar-refractivity contribution in [3.8, 4) is 16.9 Å². The number of unbranched alkanes of at least 4 members (excludes halogenated alkanes) is 3. The van der Waals surface area contributed by atoms with Crippen molar-refractivity contribution < 1.29 is 4.74 Å². The molecule has 2 aliphatic rings. The van der Waals surface area contributed by atoms with Crippen LogP contribution in [0.2, 0.25) is 0 Å². The molecule has 36 heavy (non-hydrogen) atoms. The second-order valence-corrected chi connectivity index (χ2v) is 11.5. The molecule has 0 aliphatic heterocycles. The minimum Gasteiger partial charge on any atom is -0.489 e. The van der Waals surface area contributed by atoms with E-state index in [1.54, 1.807) is 5.56 Å². The topological polar surface area (TPSA) is 9.23 Å². The highest BCUT2D eigenvalue weighted by molar-refractivity contribution is 5.64. The van der Waals surface area contributed by atoms with Crippen LogP contribution in [0.3, 0.4) is 0 Å². The zero-order valence-electron chi connectivity index (χ0n) is 22.2. The van der Waals surface area contributed by atoms with Gasteiger partial charge in [-0.1, -0.05) is 112 Å². The van der Waals surface area contributed by atoms with E-state index >= 15 is 0 Å². The van der Waals surface area contributed by atoms with Crippen LogP contribution >= 0.6 is 0 Å². The molecule has 2 aliphatic carbocycles. The van der Waals surface area contributed by atoms with Crippen molar-refractivity contribution in [3.05, 3.63) is 90.0 Å². The zero-order chi connectivity index (χ0) is 24.6. The summed E-state index contributed by atoms with van der Waals surface area (Å²) in [5.74, 6) is 4.68. The molecule has 2 saturated carbocycles. The van der Waals surface area contributed by atoms with Crippen molar-refractivity contribution in [2.24, 2.45) is 17.8 Å². The van der Waals surface area contributed by atoms with Gasteiger partial charge in [0.2, 0.25) is 0 Å². The molecule has 0 N–H and O–H groups in total. The van der Waals surface area contributed by atoms with Gasteiger partial charge in [-0.15, -0.1) is 0 Å². The molecule has 5 rings (SSSR count). The molecule has 0 amide bonds. The van der Waals surface area contributed by atoms with E-state index < -0.39 is 0 Å². The Labute approximate surface area is 219 Å². The van der Waals surface area contributed by atoms with Gasteiger partial charge in [-0.3, -0.25) is 0 Å². The van der Waals surface area contributed by atoms with Crippen molar-refractivity contribution >= 4 is 0 Å². The largest absolute Gasteiger partial charge is 0.489 e. The Morgan fingerprint density at radius 1 is 0.667 bits per heavy atom. The first kappa shape index (κ1) is 25.1. The van der Waals surface area contributed by atoms with E-state index in [2.05, 4.69) is 79.7 Å². The number of rotatable bonds is 10. The quantitative estimate of drug-likeness (QED) is 0.262. The second kappa shape index (κ2) is 12.6. The van der Waals surface area contributed by atoms with E-state index in [0.29, 0.717) is 6.61 Å². The van der Waals surface area contributed by atoms with Gasteiger partial charge in [0.05, 0.1) is 0 Å². The summed E-state index contributed by atoms with van der Waals surface area (Å²) < 4.78 is 5.96. The maximum atomic E-state index is 5.96. The van der Waals surface area contributed by atoms with Gasteiger partial charge in [-0.05, 0) is 90.2 Å². The standard InChI is InChI=1S/C35H44O/c1-2-3-4-6-9-27-12-13-34-25-33(19-18-32(34)24-27)31-16-14-29(15-17-31)30-20-22-35(23-21-30)36-26-28-10-7-5-8-11-28/h5,7-8,10-11,14-17,20-23,27,32-34H,2-4,6,9,12-13,18-19,24-26H2,1H3. The van der Waals surface area contributed by atoms with Gasteiger partial charge in [-0.2, -0.15) is 0 Å². The molecule has 0 radical (unpaired) electrons.